The van der Waals surface area contributed by atoms with Gasteiger partial charge in [0.15, 0.2) is 0 Å². The number of nitriles is 1. The predicted octanol–water partition coefficient (Wildman–Crippen LogP) is 1.26. The van der Waals surface area contributed by atoms with E-state index in [1.54, 1.807) is 36.8 Å². The third kappa shape index (κ3) is 5.02. The lowest BCUT2D eigenvalue weighted by molar-refractivity contribution is 0.569. The predicted molar refractivity (Wildman–Crippen MR) is 78.6 cm³/mol. The first kappa shape index (κ1) is 15.2. The van der Waals surface area contributed by atoms with Crippen LogP contribution in [0.2, 0.25) is 0 Å². The van der Waals surface area contributed by atoms with Gasteiger partial charge in [0, 0.05) is 25.5 Å². The van der Waals surface area contributed by atoms with Crippen LogP contribution in [0, 0.1) is 11.3 Å². The Morgan fingerprint density at radius 3 is 2.67 bits per heavy atom. The fourth-order valence-electron chi connectivity index (χ4n) is 1.85. The Balaban J connectivity index is 1.79. The average molecular weight is 304 g/mol. The second-order valence-corrected chi connectivity index (χ2v) is 6.42. The number of aryl methyl sites for hydroxylation is 1. The van der Waals surface area contributed by atoms with E-state index in [0.29, 0.717) is 24.1 Å². The maximum absolute atomic E-state index is 11.9. The molecule has 0 fully saturated rings. The molecule has 1 heterocycles. The Bertz CT molecular complexity index is 700. The zero-order valence-electron chi connectivity index (χ0n) is 11.4. The van der Waals surface area contributed by atoms with Gasteiger partial charge in [-0.3, -0.25) is 0 Å². The van der Waals surface area contributed by atoms with Crippen molar-refractivity contribution >= 4 is 10.0 Å². The summed E-state index contributed by atoms with van der Waals surface area (Å²) < 4.78 is 28.3. The minimum absolute atomic E-state index is 0.0796. The highest BCUT2D eigenvalue weighted by Gasteiger charge is 2.10. The molecular formula is C14H16N4O2S. The third-order valence-electron chi connectivity index (χ3n) is 2.91. The van der Waals surface area contributed by atoms with E-state index in [9.17, 15) is 8.42 Å². The zero-order valence-corrected chi connectivity index (χ0v) is 12.3. The zero-order chi connectivity index (χ0) is 15.1. The fourth-order valence-corrected chi connectivity index (χ4v) is 3.04. The Labute approximate surface area is 124 Å². The Morgan fingerprint density at radius 2 is 2.05 bits per heavy atom. The van der Waals surface area contributed by atoms with Gasteiger partial charge in [0.1, 0.15) is 0 Å². The van der Waals surface area contributed by atoms with E-state index in [-0.39, 0.29) is 5.75 Å². The molecule has 7 heteroatoms. The molecule has 0 spiro atoms. The molecule has 6 nitrogen and oxygen atoms in total. The molecule has 1 aromatic heterocycles. The van der Waals surface area contributed by atoms with E-state index in [1.165, 1.54) is 0 Å². The van der Waals surface area contributed by atoms with Crippen LogP contribution < -0.4 is 4.72 Å². The van der Waals surface area contributed by atoms with Crippen molar-refractivity contribution in [2.75, 3.05) is 6.54 Å². The minimum atomic E-state index is -3.35. The number of hydrogen-bond donors (Lipinski definition) is 1. The highest BCUT2D eigenvalue weighted by molar-refractivity contribution is 7.88. The van der Waals surface area contributed by atoms with Crippen molar-refractivity contribution in [1.82, 2.24) is 14.3 Å². The van der Waals surface area contributed by atoms with Crippen molar-refractivity contribution < 1.29 is 8.42 Å². The van der Waals surface area contributed by atoms with Gasteiger partial charge in [-0.1, -0.05) is 12.1 Å². The third-order valence-corrected chi connectivity index (χ3v) is 4.27. The fraction of sp³-hybridized carbons (Fsp3) is 0.286. The molecular weight excluding hydrogens is 288 g/mol. The van der Waals surface area contributed by atoms with Gasteiger partial charge < -0.3 is 4.57 Å². The molecule has 0 saturated carbocycles. The molecule has 0 saturated heterocycles. The summed E-state index contributed by atoms with van der Waals surface area (Å²) in [4.78, 5) is 3.92. The Hall–Kier alpha value is -2.17. The smallest absolute Gasteiger partial charge is 0.215 e. The van der Waals surface area contributed by atoms with Gasteiger partial charge in [0.05, 0.1) is 23.7 Å². The topological polar surface area (TPSA) is 87.8 Å². The molecule has 0 amide bonds. The summed E-state index contributed by atoms with van der Waals surface area (Å²) in [7, 11) is -3.35. The second kappa shape index (κ2) is 7.02. The number of rotatable bonds is 7. The molecule has 0 unspecified atom stereocenters. The quantitative estimate of drug-likeness (QED) is 0.780. The van der Waals surface area contributed by atoms with Crippen LogP contribution in [0.3, 0.4) is 0 Å². The van der Waals surface area contributed by atoms with Gasteiger partial charge in [-0.25, -0.2) is 18.1 Å². The van der Waals surface area contributed by atoms with Gasteiger partial charge in [0.2, 0.25) is 10.0 Å². The molecule has 0 radical (unpaired) electrons. The number of nitrogens with one attached hydrogen (secondary N) is 1. The maximum atomic E-state index is 11.9. The van der Waals surface area contributed by atoms with E-state index in [1.807, 2.05) is 16.8 Å². The van der Waals surface area contributed by atoms with Crippen LogP contribution in [0.5, 0.6) is 0 Å². The Kier molecular flexibility index (Phi) is 5.09. The van der Waals surface area contributed by atoms with Crippen molar-refractivity contribution in [2.45, 2.75) is 18.7 Å². The largest absolute Gasteiger partial charge is 0.337 e. The van der Waals surface area contributed by atoms with Crippen molar-refractivity contribution in [2.24, 2.45) is 0 Å². The monoisotopic (exact) mass is 304 g/mol. The van der Waals surface area contributed by atoms with E-state index >= 15 is 0 Å². The van der Waals surface area contributed by atoms with Gasteiger partial charge in [0.25, 0.3) is 0 Å². The van der Waals surface area contributed by atoms with Crippen molar-refractivity contribution in [3.8, 4) is 6.07 Å². The molecule has 1 N–H and O–H groups in total. The van der Waals surface area contributed by atoms with Gasteiger partial charge >= 0.3 is 0 Å². The van der Waals surface area contributed by atoms with Crippen LogP contribution in [0.1, 0.15) is 17.5 Å². The summed E-state index contributed by atoms with van der Waals surface area (Å²) in [5.41, 5.74) is 1.18. The summed E-state index contributed by atoms with van der Waals surface area (Å²) in [6, 6.07) is 8.54. The molecule has 0 atom stereocenters. The van der Waals surface area contributed by atoms with Gasteiger partial charge in [-0.2, -0.15) is 5.26 Å². The standard InChI is InChI=1S/C14H16N4O2S/c15-10-13-2-4-14(5-3-13)11-21(19,20)17-6-1-8-18-9-7-16-12-18/h2-5,7,9,12,17H,1,6,8,11H2. The first-order chi connectivity index (χ1) is 10.1. The molecule has 21 heavy (non-hydrogen) atoms. The van der Waals surface area contributed by atoms with Gasteiger partial charge in [-0.05, 0) is 24.1 Å². The lowest BCUT2D eigenvalue weighted by Gasteiger charge is -2.07. The second-order valence-electron chi connectivity index (χ2n) is 4.62. The molecule has 2 rings (SSSR count). The average Bonchev–Trinajstić information content (AvgIpc) is 2.97. The highest BCUT2D eigenvalue weighted by Crippen LogP contribution is 2.07. The summed E-state index contributed by atoms with van der Waals surface area (Å²) in [5, 5.41) is 8.70. The summed E-state index contributed by atoms with van der Waals surface area (Å²) in [6.45, 7) is 1.11. The van der Waals surface area contributed by atoms with Crippen molar-refractivity contribution in [3.63, 3.8) is 0 Å². The summed E-state index contributed by atoms with van der Waals surface area (Å²) >= 11 is 0. The normalized spacial score (nSPS) is 11.2. The summed E-state index contributed by atoms with van der Waals surface area (Å²) in [5.74, 6) is -0.0796. The molecule has 0 aliphatic heterocycles. The SMILES string of the molecule is N#Cc1ccc(CS(=O)(=O)NCCCn2ccnc2)cc1. The highest BCUT2D eigenvalue weighted by atomic mass is 32.2. The lowest BCUT2D eigenvalue weighted by atomic mass is 10.2. The van der Waals surface area contributed by atoms with Crippen LogP contribution in [-0.2, 0) is 22.3 Å². The number of sulfonamides is 1. The van der Waals surface area contributed by atoms with E-state index in [0.717, 1.165) is 6.54 Å². The Morgan fingerprint density at radius 1 is 1.29 bits per heavy atom. The minimum Gasteiger partial charge on any atom is -0.337 e. The molecule has 0 bridgehead atoms. The number of aromatic nitrogens is 2. The first-order valence-electron chi connectivity index (χ1n) is 6.51. The van der Waals surface area contributed by atoms with E-state index in [4.69, 9.17) is 5.26 Å². The molecule has 2 aromatic rings. The molecule has 110 valence electrons. The lowest BCUT2D eigenvalue weighted by Crippen LogP contribution is -2.26. The number of nitrogens with zero attached hydrogens (tertiary/aromatic N) is 3. The molecule has 0 aliphatic carbocycles. The van der Waals surface area contributed by atoms with Crippen LogP contribution >= 0.6 is 0 Å². The maximum Gasteiger partial charge on any atom is 0.215 e. The van der Waals surface area contributed by atoms with Crippen molar-refractivity contribution in [3.05, 3.63) is 54.1 Å². The number of imidazole rings is 1. The van der Waals surface area contributed by atoms with Gasteiger partial charge in [-0.15, -0.1) is 0 Å². The summed E-state index contributed by atoms with van der Waals surface area (Å²) in [6.07, 6.45) is 5.93. The van der Waals surface area contributed by atoms with Crippen molar-refractivity contribution in [1.29, 1.82) is 5.26 Å². The molecule has 1 aromatic carbocycles. The van der Waals surface area contributed by atoms with Crippen LogP contribution in [0.25, 0.3) is 0 Å². The van der Waals surface area contributed by atoms with Crippen LogP contribution in [0.4, 0.5) is 0 Å². The molecule has 0 aliphatic rings. The number of hydrogen-bond acceptors (Lipinski definition) is 4. The first-order valence-corrected chi connectivity index (χ1v) is 8.16. The number of benzene rings is 1. The van der Waals surface area contributed by atoms with E-state index in [2.05, 4.69) is 9.71 Å². The van der Waals surface area contributed by atoms with Crippen LogP contribution in [-0.4, -0.2) is 24.5 Å². The van der Waals surface area contributed by atoms with E-state index < -0.39 is 10.0 Å². The van der Waals surface area contributed by atoms with Crippen LogP contribution in [0.15, 0.2) is 43.0 Å².